The highest BCUT2D eigenvalue weighted by molar-refractivity contribution is 5.94. The van der Waals surface area contributed by atoms with Gasteiger partial charge < -0.3 is 14.4 Å². The fraction of sp³-hybridized carbons (Fsp3) is 0.417. The van der Waals surface area contributed by atoms with E-state index >= 15 is 0 Å². The molecule has 7 nitrogen and oxygen atoms in total. The molecule has 1 fully saturated rings. The summed E-state index contributed by atoms with van der Waals surface area (Å²) >= 11 is 0. The first-order chi connectivity index (χ1) is 14.9. The van der Waals surface area contributed by atoms with Crippen LogP contribution >= 0.6 is 0 Å². The van der Waals surface area contributed by atoms with Gasteiger partial charge in [-0.2, -0.15) is 0 Å². The maximum Gasteiger partial charge on any atom is 0.274 e. The third kappa shape index (κ3) is 4.03. The lowest BCUT2D eigenvalue weighted by Gasteiger charge is -2.42. The Morgan fingerprint density at radius 3 is 2.52 bits per heavy atom. The molecule has 2 aromatic carbocycles. The minimum Gasteiger partial charge on any atom is -0.491 e. The third-order valence-electron chi connectivity index (χ3n) is 6.51. The molecular weight excluding hydrogens is 396 g/mol. The molecule has 0 aromatic heterocycles. The van der Waals surface area contributed by atoms with Crippen LogP contribution in [0, 0.1) is 5.41 Å². The quantitative estimate of drug-likeness (QED) is 0.580. The number of hydrogen-bond donors (Lipinski definition) is 2. The van der Waals surface area contributed by atoms with Gasteiger partial charge in [-0.25, -0.2) is 5.48 Å². The number of fused-ring (bicyclic) bond motifs is 1. The minimum atomic E-state index is -0.606. The second kappa shape index (κ2) is 8.69. The Kier molecular flexibility index (Phi) is 5.98. The van der Waals surface area contributed by atoms with Crippen LogP contribution in [0.3, 0.4) is 0 Å². The summed E-state index contributed by atoms with van der Waals surface area (Å²) in [5.41, 5.74) is 3.28. The number of benzene rings is 2. The number of rotatable bonds is 3. The number of carbonyl (C=O) groups is 2. The van der Waals surface area contributed by atoms with E-state index in [-0.39, 0.29) is 24.6 Å². The molecule has 4 rings (SSSR count). The monoisotopic (exact) mass is 424 g/mol. The summed E-state index contributed by atoms with van der Waals surface area (Å²) in [6, 6.07) is 14.4. The number of amides is 2. The van der Waals surface area contributed by atoms with Crippen molar-refractivity contribution < 1.29 is 24.3 Å². The molecule has 2 aliphatic rings. The largest absolute Gasteiger partial charge is 0.491 e. The standard InChI is InChI=1S/C24H28N2O5/c1-16-19-9-8-18(22(27)25-29)14-21(19)31-15-20(17-6-4-3-5-7-17)26(16)23(28)24(2)10-12-30-13-11-24/h3-9,14,16,20,29H,10-13,15H2,1-2H3,(H,25,27)/t16?,20-/m1/s1. The molecule has 31 heavy (non-hydrogen) atoms. The van der Waals surface area contributed by atoms with Gasteiger partial charge in [-0.1, -0.05) is 43.3 Å². The van der Waals surface area contributed by atoms with Gasteiger partial charge in [0.05, 0.1) is 17.5 Å². The van der Waals surface area contributed by atoms with Crippen molar-refractivity contribution in [1.82, 2.24) is 10.4 Å². The van der Waals surface area contributed by atoms with E-state index < -0.39 is 11.3 Å². The van der Waals surface area contributed by atoms with E-state index in [2.05, 4.69) is 0 Å². The van der Waals surface area contributed by atoms with Crippen LogP contribution in [0.1, 0.15) is 60.3 Å². The summed E-state index contributed by atoms with van der Waals surface area (Å²) in [6.07, 6.45) is 1.36. The SMILES string of the molecule is CC1c2ccc(C(=O)NO)cc2OC[C@H](c2ccccc2)N1C(=O)C1(C)CCOCC1. The molecule has 0 spiro atoms. The lowest BCUT2D eigenvalue weighted by atomic mass is 9.79. The predicted octanol–water partition coefficient (Wildman–Crippen LogP) is 3.65. The van der Waals surface area contributed by atoms with Gasteiger partial charge >= 0.3 is 0 Å². The Bertz CT molecular complexity index is 956. The van der Waals surface area contributed by atoms with Crippen LogP contribution < -0.4 is 10.2 Å². The fourth-order valence-electron chi connectivity index (χ4n) is 4.48. The first-order valence-corrected chi connectivity index (χ1v) is 10.6. The topological polar surface area (TPSA) is 88.1 Å². The Labute approximate surface area is 181 Å². The van der Waals surface area contributed by atoms with E-state index in [0.29, 0.717) is 37.4 Å². The number of nitrogens with zero attached hydrogens (tertiary/aromatic N) is 1. The van der Waals surface area contributed by atoms with E-state index in [0.717, 1.165) is 11.1 Å². The summed E-state index contributed by atoms with van der Waals surface area (Å²) in [5.74, 6) is 0.0262. The molecule has 2 aromatic rings. The van der Waals surface area contributed by atoms with Crippen LogP contribution in [0.15, 0.2) is 48.5 Å². The fourth-order valence-corrected chi connectivity index (χ4v) is 4.48. The van der Waals surface area contributed by atoms with Gasteiger partial charge in [-0.3, -0.25) is 14.8 Å². The average Bonchev–Trinajstić information content (AvgIpc) is 2.95. The molecule has 2 aliphatic heterocycles. The van der Waals surface area contributed by atoms with E-state index in [9.17, 15) is 9.59 Å². The average molecular weight is 424 g/mol. The van der Waals surface area contributed by atoms with Gasteiger partial charge in [0, 0.05) is 24.3 Å². The van der Waals surface area contributed by atoms with Crippen LogP contribution in [0.5, 0.6) is 5.75 Å². The van der Waals surface area contributed by atoms with Crippen LogP contribution in [-0.2, 0) is 9.53 Å². The molecule has 0 aliphatic carbocycles. The highest BCUT2D eigenvalue weighted by atomic mass is 16.5. The molecule has 2 atom stereocenters. The van der Waals surface area contributed by atoms with E-state index in [1.54, 1.807) is 23.7 Å². The number of nitrogens with one attached hydrogen (secondary N) is 1. The van der Waals surface area contributed by atoms with Crippen molar-refractivity contribution in [2.45, 2.75) is 38.8 Å². The molecule has 1 unspecified atom stereocenters. The van der Waals surface area contributed by atoms with Crippen molar-refractivity contribution in [3.05, 3.63) is 65.2 Å². The van der Waals surface area contributed by atoms with Gasteiger partial charge in [0.1, 0.15) is 12.4 Å². The Morgan fingerprint density at radius 2 is 1.84 bits per heavy atom. The van der Waals surface area contributed by atoms with Crippen LogP contribution in [-0.4, -0.2) is 41.7 Å². The molecule has 164 valence electrons. The summed E-state index contributed by atoms with van der Waals surface area (Å²) in [7, 11) is 0. The molecule has 0 saturated carbocycles. The Balaban J connectivity index is 1.77. The van der Waals surface area contributed by atoms with Gasteiger partial charge in [0.15, 0.2) is 0 Å². The zero-order valence-corrected chi connectivity index (χ0v) is 17.8. The van der Waals surface area contributed by atoms with Crippen molar-refractivity contribution in [3.8, 4) is 5.75 Å². The molecule has 2 N–H and O–H groups in total. The van der Waals surface area contributed by atoms with Crippen LogP contribution in [0.2, 0.25) is 0 Å². The van der Waals surface area contributed by atoms with Gasteiger partial charge in [-0.05, 0) is 37.5 Å². The molecule has 0 bridgehead atoms. The predicted molar refractivity (Wildman–Crippen MR) is 114 cm³/mol. The first-order valence-electron chi connectivity index (χ1n) is 10.6. The normalized spacial score (nSPS) is 22.6. The molecule has 2 heterocycles. The number of hydroxylamine groups is 1. The zero-order chi connectivity index (χ0) is 22.0. The summed E-state index contributed by atoms with van der Waals surface area (Å²) in [5, 5.41) is 8.97. The summed E-state index contributed by atoms with van der Waals surface area (Å²) in [6.45, 7) is 5.44. The second-order valence-electron chi connectivity index (χ2n) is 8.49. The number of hydrogen-bond acceptors (Lipinski definition) is 5. The Morgan fingerprint density at radius 1 is 1.13 bits per heavy atom. The smallest absolute Gasteiger partial charge is 0.274 e. The van der Waals surface area contributed by atoms with Gasteiger partial charge in [0.25, 0.3) is 5.91 Å². The van der Waals surface area contributed by atoms with E-state index in [4.69, 9.17) is 14.7 Å². The van der Waals surface area contributed by atoms with Crippen LogP contribution in [0.25, 0.3) is 0 Å². The molecule has 2 amide bonds. The summed E-state index contributed by atoms with van der Waals surface area (Å²) in [4.78, 5) is 27.8. The zero-order valence-electron chi connectivity index (χ0n) is 17.8. The van der Waals surface area contributed by atoms with E-state index in [1.165, 1.54) is 0 Å². The van der Waals surface area contributed by atoms with Crippen molar-refractivity contribution in [1.29, 1.82) is 0 Å². The Hall–Kier alpha value is -2.90. The second-order valence-corrected chi connectivity index (χ2v) is 8.49. The highest BCUT2D eigenvalue weighted by Crippen LogP contribution is 2.43. The summed E-state index contributed by atoms with van der Waals surface area (Å²) < 4.78 is 11.7. The van der Waals surface area contributed by atoms with Gasteiger partial charge in [0.2, 0.25) is 5.91 Å². The molecule has 7 heteroatoms. The van der Waals surface area contributed by atoms with Crippen molar-refractivity contribution >= 4 is 11.8 Å². The molecule has 0 radical (unpaired) electrons. The van der Waals surface area contributed by atoms with E-state index in [1.807, 2.05) is 49.1 Å². The lowest BCUT2D eigenvalue weighted by molar-refractivity contribution is -0.152. The van der Waals surface area contributed by atoms with Crippen molar-refractivity contribution in [3.63, 3.8) is 0 Å². The third-order valence-corrected chi connectivity index (χ3v) is 6.51. The molecular formula is C24H28N2O5. The van der Waals surface area contributed by atoms with Gasteiger partial charge in [-0.15, -0.1) is 0 Å². The van der Waals surface area contributed by atoms with Crippen molar-refractivity contribution in [2.75, 3.05) is 19.8 Å². The number of ether oxygens (including phenoxy) is 2. The van der Waals surface area contributed by atoms with Crippen LogP contribution in [0.4, 0.5) is 0 Å². The lowest BCUT2D eigenvalue weighted by Crippen LogP contribution is -2.48. The maximum absolute atomic E-state index is 14.0. The first kappa shape index (κ1) is 21.3. The molecule has 1 saturated heterocycles. The minimum absolute atomic E-state index is 0.0887. The number of carbonyl (C=O) groups excluding carboxylic acids is 2. The maximum atomic E-state index is 14.0. The highest BCUT2D eigenvalue weighted by Gasteiger charge is 2.44. The van der Waals surface area contributed by atoms with Crippen molar-refractivity contribution in [2.24, 2.45) is 5.41 Å².